The van der Waals surface area contributed by atoms with Crippen molar-refractivity contribution in [2.75, 3.05) is 13.7 Å². The van der Waals surface area contributed by atoms with E-state index in [-0.39, 0.29) is 6.61 Å². The van der Waals surface area contributed by atoms with E-state index in [0.29, 0.717) is 0 Å². The molecule has 0 aromatic carbocycles. The molecule has 0 aromatic rings. The molecule has 6 nitrogen and oxygen atoms in total. The average molecular weight is 193 g/mol. The molecule has 1 fully saturated rings. The lowest BCUT2D eigenvalue weighted by Crippen LogP contribution is -2.62. The topological polar surface area (TPSA) is 105 Å². The molecule has 1 heterocycles. The van der Waals surface area contributed by atoms with Crippen LogP contribution in [0.15, 0.2) is 0 Å². The molecule has 1 saturated heterocycles. The van der Waals surface area contributed by atoms with Gasteiger partial charge in [0.1, 0.15) is 18.3 Å². The predicted molar refractivity (Wildman–Crippen MR) is 42.7 cm³/mol. The molecular weight excluding hydrogens is 178 g/mol. The first-order chi connectivity index (χ1) is 6.11. The van der Waals surface area contributed by atoms with E-state index >= 15 is 0 Å². The van der Waals surface area contributed by atoms with E-state index in [2.05, 4.69) is 0 Å². The fourth-order valence-electron chi connectivity index (χ4n) is 1.31. The van der Waals surface area contributed by atoms with Crippen molar-refractivity contribution < 1.29 is 24.8 Å². The summed E-state index contributed by atoms with van der Waals surface area (Å²) in [4.78, 5) is 0. The van der Waals surface area contributed by atoms with Gasteiger partial charge in [0.15, 0.2) is 6.29 Å². The van der Waals surface area contributed by atoms with Crippen LogP contribution in [0.2, 0.25) is 0 Å². The molecular formula is C7H15NO5. The molecule has 3 unspecified atom stereocenters. The molecule has 1 rings (SSSR count). The van der Waals surface area contributed by atoms with Gasteiger partial charge in [0.05, 0.1) is 12.6 Å². The molecule has 0 aliphatic carbocycles. The van der Waals surface area contributed by atoms with Gasteiger partial charge in [-0.05, 0) is 0 Å². The first-order valence-electron chi connectivity index (χ1n) is 4.02. The van der Waals surface area contributed by atoms with Gasteiger partial charge in [-0.1, -0.05) is 0 Å². The van der Waals surface area contributed by atoms with Gasteiger partial charge < -0.3 is 30.5 Å². The minimum Gasteiger partial charge on any atom is -0.394 e. The first-order valence-corrected chi connectivity index (χ1v) is 4.02. The van der Waals surface area contributed by atoms with E-state index in [1.54, 1.807) is 0 Å². The van der Waals surface area contributed by atoms with Crippen LogP contribution in [0.1, 0.15) is 0 Å². The molecule has 1 aliphatic heterocycles. The summed E-state index contributed by atoms with van der Waals surface area (Å²) < 4.78 is 9.81. The van der Waals surface area contributed by atoms with Crippen LogP contribution in [-0.4, -0.2) is 59.7 Å². The van der Waals surface area contributed by atoms with Crippen LogP contribution < -0.4 is 5.73 Å². The van der Waals surface area contributed by atoms with Gasteiger partial charge >= 0.3 is 0 Å². The average Bonchev–Trinajstić information content (AvgIpc) is 2.15. The maximum Gasteiger partial charge on any atom is 0.185 e. The minimum absolute atomic E-state index is 0.360. The monoisotopic (exact) mass is 193 g/mol. The zero-order valence-electron chi connectivity index (χ0n) is 7.33. The minimum atomic E-state index is -1.08. The highest BCUT2D eigenvalue weighted by molar-refractivity contribution is 4.91. The summed E-state index contributed by atoms with van der Waals surface area (Å²) in [6.45, 7) is -0.360. The Morgan fingerprint density at radius 1 is 1.38 bits per heavy atom. The van der Waals surface area contributed by atoms with Crippen molar-refractivity contribution in [2.24, 2.45) is 5.73 Å². The van der Waals surface area contributed by atoms with Crippen molar-refractivity contribution in [3.63, 3.8) is 0 Å². The highest BCUT2D eigenvalue weighted by atomic mass is 16.7. The Morgan fingerprint density at radius 2 is 2.00 bits per heavy atom. The van der Waals surface area contributed by atoms with Gasteiger partial charge in [0.2, 0.25) is 0 Å². The van der Waals surface area contributed by atoms with E-state index in [4.69, 9.17) is 20.3 Å². The molecule has 5 N–H and O–H groups in total. The molecule has 0 saturated carbocycles. The molecule has 1 aliphatic rings. The summed E-state index contributed by atoms with van der Waals surface area (Å²) in [6, 6.07) is -0.865. The number of aliphatic hydroxyl groups is 3. The van der Waals surface area contributed by atoms with Crippen LogP contribution in [0, 0.1) is 0 Å². The molecule has 5 atom stereocenters. The Labute approximate surface area is 75.9 Å². The normalized spacial score (nSPS) is 46.4. The number of ether oxygens (including phenoxy) is 2. The number of methoxy groups -OCH3 is 1. The van der Waals surface area contributed by atoms with Gasteiger partial charge in [-0.2, -0.15) is 0 Å². The molecule has 13 heavy (non-hydrogen) atoms. The lowest BCUT2D eigenvalue weighted by Gasteiger charge is -2.39. The summed E-state index contributed by atoms with van der Waals surface area (Å²) >= 11 is 0. The Balaban J connectivity index is 2.66. The predicted octanol–water partition coefficient (Wildman–Crippen LogP) is -2.60. The number of hydrogen-bond acceptors (Lipinski definition) is 6. The summed E-state index contributed by atoms with van der Waals surface area (Å²) in [7, 11) is 1.35. The van der Waals surface area contributed by atoms with E-state index in [1.165, 1.54) is 7.11 Å². The SMILES string of the molecule is CO[C@H]1OC(CO)[C@@H](O)C(N)C1O. The van der Waals surface area contributed by atoms with E-state index in [9.17, 15) is 10.2 Å². The fourth-order valence-corrected chi connectivity index (χ4v) is 1.31. The number of nitrogens with two attached hydrogens (primary N) is 1. The number of rotatable bonds is 2. The van der Waals surface area contributed by atoms with E-state index < -0.39 is 30.6 Å². The van der Waals surface area contributed by atoms with Gasteiger partial charge in [-0.15, -0.1) is 0 Å². The summed E-state index contributed by atoms with van der Waals surface area (Å²) in [5, 5.41) is 27.6. The van der Waals surface area contributed by atoms with Crippen LogP contribution >= 0.6 is 0 Å². The molecule has 0 aromatic heterocycles. The second-order valence-corrected chi connectivity index (χ2v) is 3.02. The Morgan fingerprint density at radius 3 is 2.46 bits per heavy atom. The van der Waals surface area contributed by atoms with Gasteiger partial charge in [-0.25, -0.2) is 0 Å². The zero-order valence-corrected chi connectivity index (χ0v) is 7.33. The maximum atomic E-state index is 9.40. The van der Waals surface area contributed by atoms with Crippen molar-refractivity contribution in [1.29, 1.82) is 0 Å². The highest BCUT2D eigenvalue weighted by Gasteiger charge is 2.42. The quantitative estimate of drug-likeness (QED) is 0.383. The highest BCUT2D eigenvalue weighted by Crippen LogP contribution is 2.19. The zero-order chi connectivity index (χ0) is 10.0. The second kappa shape index (κ2) is 4.32. The standard InChI is InChI=1S/C7H15NO5/c1-12-7-6(11)4(8)5(10)3(2-9)13-7/h3-7,9-11H,2,8H2,1H3/t3?,4?,5-,6?,7+/m1/s1. The molecule has 0 bridgehead atoms. The van der Waals surface area contributed by atoms with Crippen molar-refractivity contribution in [2.45, 2.75) is 30.6 Å². The summed E-state index contributed by atoms with van der Waals surface area (Å²) in [5.74, 6) is 0. The number of hydrogen-bond donors (Lipinski definition) is 4. The largest absolute Gasteiger partial charge is 0.394 e. The molecule has 0 radical (unpaired) electrons. The summed E-state index contributed by atoms with van der Waals surface area (Å²) in [6.07, 6.45) is -3.85. The van der Waals surface area contributed by atoms with E-state index in [1.807, 2.05) is 0 Å². The van der Waals surface area contributed by atoms with Crippen LogP contribution in [0.4, 0.5) is 0 Å². The van der Waals surface area contributed by atoms with E-state index in [0.717, 1.165) is 0 Å². The Bertz CT molecular complexity index is 147. The smallest absolute Gasteiger partial charge is 0.185 e. The summed E-state index contributed by atoms with van der Waals surface area (Å²) in [5.41, 5.74) is 5.48. The van der Waals surface area contributed by atoms with Crippen LogP contribution in [0.5, 0.6) is 0 Å². The third kappa shape index (κ3) is 1.98. The van der Waals surface area contributed by atoms with Crippen LogP contribution in [0.3, 0.4) is 0 Å². The van der Waals surface area contributed by atoms with Gasteiger partial charge in [0.25, 0.3) is 0 Å². The van der Waals surface area contributed by atoms with Crippen LogP contribution in [-0.2, 0) is 9.47 Å². The van der Waals surface area contributed by atoms with Crippen molar-refractivity contribution in [3.8, 4) is 0 Å². The maximum absolute atomic E-state index is 9.40. The molecule has 0 spiro atoms. The lowest BCUT2D eigenvalue weighted by molar-refractivity contribution is -0.267. The third-order valence-corrected chi connectivity index (χ3v) is 2.17. The molecule has 0 amide bonds. The van der Waals surface area contributed by atoms with Gasteiger partial charge in [0, 0.05) is 7.11 Å². The Kier molecular flexibility index (Phi) is 3.60. The van der Waals surface area contributed by atoms with Gasteiger partial charge in [-0.3, -0.25) is 0 Å². The van der Waals surface area contributed by atoms with Crippen LogP contribution in [0.25, 0.3) is 0 Å². The lowest BCUT2D eigenvalue weighted by atomic mass is 9.97. The Hall–Kier alpha value is -0.240. The van der Waals surface area contributed by atoms with Crippen molar-refractivity contribution in [1.82, 2.24) is 0 Å². The second-order valence-electron chi connectivity index (χ2n) is 3.02. The van der Waals surface area contributed by atoms with Crippen molar-refractivity contribution in [3.05, 3.63) is 0 Å². The molecule has 6 heteroatoms. The third-order valence-electron chi connectivity index (χ3n) is 2.17. The first kappa shape index (κ1) is 10.8. The molecule has 78 valence electrons. The number of aliphatic hydroxyl groups excluding tert-OH is 3. The van der Waals surface area contributed by atoms with Crippen molar-refractivity contribution >= 4 is 0 Å². The fraction of sp³-hybridized carbons (Fsp3) is 1.00.